The highest BCUT2D eigenvalue weighted by Crippen LogP contribution is 2.57. The summed E-state index contributed by atoms with van der Waals surface area (Å²) in [7, 11) is -3.90. The topological polar surface area (TPSA) is 89.5 Å². The molecular formula is C32H34FNO5S. The molecule has 0 amide bonds. The molecule has 8 heteroatoms. The summed E-state index contributed by atoms with van der Waals surface area (Å²) in [4.78, 5) is 27.0. The largest absolute Gasteiger partial charge is 0.458 e. The monoisotopic (exact) mass is 563 g/mol. The summed E-state index contributed by atoms with van der Waals surface area (Å²) >= 11 is 0. The molecule has 0 spiro atoms. The quantitative estimate of drug-likeness (QED) is 0.220. The molecule has 40 heavy (non-hydrogen) atoms. The van der Waals surface area contributed by atoms with Crippen LogP contribution in [-0.4, -0.2) is 25.8 Å². The van der Waals surface area contributed by atoms with Crippen LogP contribution in [0.5, 0.6) is 0 Å². The summed E-state index contributed by atoms with van der Waals surface area (Å²) in [5, 5.41) is 0. The van der Waals surface area contributed by atoms with Crippen molar-refractivity contribution in [1.82, 2.24) is 0 Å². The highest BCUT2D eigenvalue weighted by molar-refractivity contribution is 7.92. The molecule has 2 unspecified atom stereocenters. The zero-order valence-electron chi connectivity index (χ0n) is 22.6. The molecule has 0 bridgehead atoms. The minimum atomic E-state index is -3.90. The zero-order valence-corrected chi connectivity index (χ0v) is 23.4. The number of sulfonamides is 1. The smallest absolute Gasteiger partial charge is 0.317 e. The molecule has 2 aliphatic rings. The van der Waals surface area contributed by atoms with E-state index in [0.29, 0.717) is 24.9 Å². The van der Waals surface area contributed by atoms with Gasteiger partial charge in [0.05, 0.1) is 4.90 Å². The number of anilines is 1. The van der Waals surface area contributed by atoms with Crippen molar-refractivity contribution >= 4 is 27.5 Å². The molecule has 1 heterocycles. The summed E-state index contributed by atoms with van der Waals surface area (Å²) in [6.45, 7) is 2.04. The number of ether oxygens (including phenoxy) is 1. The summed E-state index contributed by atoms with van der Waals surface area (Å²) in [5.41, 5.74) is 1.05. The van der Waals surface area contributed by atoms with Crippen molar-refractivity contribution in [2.75, 3.05) is 4.72 Å². The molecule has 0 radical (unpaired) electrons. The van der Waals surface area contributed by atoms with Crippen molar-refractivity contribution in [3.05, 3.63) is 95.8 Å². The number of aryl methyl sites for hydroxylation is 1. The Hall–Kier alpha value is -3.52. The minimum absolute atomic E-state index is 0.0451. The molecule has 2 fully saturated rings. The van der Waals surface area contributed by atoms with E-state index in [4.69, 9.17) is 4.74 Å². The van der Waals surface area contributed by atoms with Crippen LogP contribution in [-0.2, 0) is 37.2 Å². The molecule has 1 saturated carbocycles. The van der Waals surface area contributed by atoms with Crippen LogP contribution < -0.4 is 4.72 Å². The summed E-state index contributed by atoms with van der Waals surface area (Å²) in [5.74, 6) is -1.81. The lowest BCUT2D eigenvalue weighted by molar-refractivity contribution is -0.182. The van der Waals surface area contributed by atoms with E-state index >= 15 is 0 Å². The number of nitrogens with one attached hydrogen (secondary N) is 1. The first-order chi connectivity index (χ1) is 19.1. The first-order valence-electron chi connectivity index (χ1n) is 13.8. The molecule has 3 aromatic rings. The number of hydrogen-bond donors (Lipinski definition) is 1. The molecule has 1 N–H and O–H groups in total. The molecule has 1 saturated heterocycles. The molecule has 5 rings (SSSR count). The van der Waals surface area contributed by atoms with Crippen LogP contribution in [0.4, 0.5) is 10.1 Å². The fourth-order valence-electron chi connectivity index (χ4n) is 6.03. The Morgan fingerprint density at radius 3 is 2.27 bits per heavy atom. The lowest BCUT2D eigenvalue weighted by Crippen LogP contribution is -2.50. The number of esters is 1. The molecule has 3 aromatic carbocycles. The van der Waals surface area contributed by atoms with E-state index in [0.717, 1.165) is 48.9 Å². The van der Waals surface area contributed by atoms with Gasteiger partial charge in [0.1, 0.15) is 17.3 Å². The first-order valence-corrected chi connectivity index (χ1v) is 15.3. The van der Waals surface area contributed by atoms with Crippen molar-refractivity contribution in [2.45, 2.75) is 68.8 Å². The first kappa shape index (κ1) is 28.0. The van der Waals surface area contributed by atoms with E-state index in [1.165, 1.54) is 12.1 Å². The maximum atomic E-state index is 13.6. The standard InChI is InChI=1S/C32H34FNO5S/c1-2-16-32(17-15-23-7-4-3-5-8-23)22-28(35)29(30(36)39-32)31(18-19-31)21-24-9-6-10-26(20-24)34-40(37,38)27-13-11-25(33)12-14-27/h3-14,20,29,34H,2,15-19,21-22H2,1H3. The number of carbonyl (C=O) groups excluding carboxylic acids is 2. The third kappa shape index (κ3) is 6.12. The van der Waals surface area contributed by atoms with Crippen LogP contribution in [0.2, 0.25) is 0 Å². The molecule has 6 nitrogen and oxygen atoms in total. The van der Waals surface area contributed by atoms with Gasteiger partial charge in [0.15, 0.2) is 5.78 Å². The van der Waals surface area contributed by atoms with Crippen molar-refractivity contribution in [1.29, 1.82) is 0 Å². The predicted molar refractivity (Wildman–Crippen MR) is 151 cm³/mol. The number of halogens is 1. The Balaban J connectivity index is 1.29. The number of rotatable bonds is 11. The molecule has 0 aromatic heterocycles. The Morgan fingerprint density at radius 1 is 0.925 bits per heavy atom. The number of hydrogen-bond acceptors (Lipinski definition) is 5. The van der Waals surface area contributed by atoms with E-state index in [-0.39, 0.29) is 17.1 Å². The van der Waals surface area contributed by atoms with E-state index in [1.807, 2.05) is 43.3 Å². The molecule has 1 aliphatic heterocycles. The van der Waals surface area contributed by atoms with Gasteiger partial charge in [-0.3, -0.25) is 14.3 Å². The van der Waals surface area contributed by atoms with E-state index in [9.17, 15) is 22.4 Å². The van der Waals surface area contributed by atoms with Gasteiger partial charge in [-0.15, -0.1) is 0 Å². The van der Waals surface area contributed by atoms with Crippen LogP contribution in [0.3, 0.4) is 0 Å². The van der Waals surface area contributed by atoms with Gasteiger partial charge in [0, 0.05) is 12.1 Å². The van der Waals surface area contributed by atoms with Crippen LogP contribution in [0.15, 0.2) is 83.8 Å². The molecule has 1 aliphatic carbocycles. The lowest BCUT2D eigenvalue weighted by Gasteiger charge is -2.41. The third-order valence-corrected chi connectivity index (χ3v) is 9.55. The maximum Gasteiger partial charge on any atom is 0.317 e. The van der Waals surface area contributed by atoms with Crippen LogP contribution in [0.25, 0.3) is 0 Å². The summed E-state index contributed by atoms with van der Waals surface area (Å²) < 4.78 is 47.5. The van der Waals surface area contributed by atoms with Crippen molar-refractivity contribution in [3.8, 4) is 0 Å². The normalized spacial score (nSPS) is 22.0. The second-order valence-electron chi connectivity index (χ2n) is 11.2. The van der Waals surface area contributed by atoms with Gasteiger partial charge >= 0.3 is 5.97 Å². The Bertz CT molecular complexity index is 1470. The average Bonchev–Trinajstić information content (AvgIpc) is 3.67. The van der Waals surface area contributed by atoms with Gasteiger partial charge in [-0.1, -0.05) is 55.8 Å². The van der Waals surface area contributed by atoms with Crippen LogP contribution in [0, 0.1) is 17.2 Å². The van der Waals surface area contributed by atoms with Crippen LogP contribution in [0.1, 0.15) is 56.6 Å². The molecular weight excluding hydrogens is 529 g/mol. The van der Waals surface area contributed by atoms with Crippen molar-refractivity contribution in [2.24, 2.45) is 11.3 Å². The molecule has 2 atom stereocenters. The Morgan fingerprint density at radius 2 is 1.62 bits per heavy atom. The second-order valence-corrected chi connectivity index (χ2v) is 12.9. The second kappa shape index (κ2) is 11.2. The average molecular weight is 564 g/mol. The highest BCUT2D eigenvalue weighted by atomic mass is 32.2. The number of cyclic esters (lactones) is 1. The van der Waals surface area contributed by atoms with E-state index in [1.54, 1.807) is 18.2 Å². The van der Waals surface area contributed by atoms with Crippen LogP contribution >= 0.6 is 0 Å². The van der Waals surface area contributed by atoms with E-state index < -0.39 is 38.7 Å². The van der Waals surface area contributed by atoms with Gasteiger partial charge in [0.2, 0.25) is 0 Å². The van der Waals surface area contributed by atoms with Gasteiger partial charge in [-0.05, 0) is 91.5 Å². The summed E-state index contributed by atoms with van der Waals surface area (Å²) in [6, 6.07) is 21.6. The van der Waals surface area contributed by atoms with Crippen molar-refractivity contribution in [3.63, 3.8) is 0 Å². The Labute approximate surface area is 235 Å². The number of carbonyl (C=O) groups is 2. The number of Topliss-reactive ketones (excluding diaryl/α,β-unsaturated/α-hetero) is 1. The Kier molecular flexibility index (Phi) is 7.82. The van der Waals surface area contributed by atoms with E-state index in [2.05, 4.69) is 4.72 Å². The number of benzene rings is 3. The number of ketones is 1. The SMILES string of the molecule is CCCC1(CCc2ccccc2)CC(=O)C(C2(Cc3cccc(NS(=O)(=O)c4ccc(F)cc4)c3)CC2)C(=O)O1. The maximum absolute atomic E-state index is 13.6. The fraction of sp³-hybridized carbons (Fsp3) is 0.375. The van der Waals surface area contributed by atoms with Gasteiger partial charge in [-0.2, -0.15) is 0 Å². The predicted octanol–water partition coefficient (Wildman–Crippen LogP) is 6.25. The van der Waals surface area contributed by atoms with Gasteiger partial charge in [0.25, 0.3) is 10.0 Å². The van der Waals surface area contributed by atoms with Crippen molar-refractivity contribution < 1.29 is 27.1 Å². The lowest BCUT2D eigenvalue weighted by atomic mass is 9.73. The molecule has 210 valence electrons. The van der Waals surface area contributed by atoms with Gasteiger partial charge in [-0.25, -0.2) is 12.8 Å². The fourth-order valence-corrected chi connectivity index (χ4v) is 7.08. The van der Waals surface area contributed by atoms with Gasteiger partial charge < -0.3 is 4.74 Å². The summed E-state index contributed by atoms with van der Waals surface area (Å²) in [6.07, 6.45) is 4.96. The third-order valence-electron chi connectivity index (χ3n) is 8.15. The highest BCUT2D eigenvalue weighted by Gasteiger charge is 2.60. The zero-order chi connectivity index (χ0) is 28.4. The minimum Gasteiger partial charge on any atom is -0.458 e.